The molecule has 2 saturated carbocycles. The van der Waals surface area contributed by atoms with Gasteiger partial charge in [0.15, 0.2) is 5.54 Å². The molecule has 0 spiro atoms. The number of carbonyl (C=O) groups is 5. The lowest BCUT2D eigenvalue weighted by molar-refractivity contribution is -0.174. The van der Waals surface area contributed by atoms with Crippen LogP contribution >= 0.6 is 23.4 Å². The first-order chi connectivity index (χ1) is 19.1. The van der Waals surface area contributed by atoms with Crippen LogP contribution in [0.4, 0.5) is 9.18 Å². The van der Waals surface area contributed by atoms with Gasteiger partial charge in [-0.15, -0.1) is 11.8 Å². The van der Waals surface area contributed by atoms with E-state index >= 15 is 0 Å². The molecule has 0 bridgehead atoms. The second kappa shape index (κ2) is 12.8. The fourth-order valence-corrected chi connectivity index (χ4v) is 6.40. The summed E-state index contributed by atoms with van der Waals surface area (Å²) in [5, 5.41) is 13.8. The third-order valence-corrected chi connectivity index (χ3v) is 7.95. The molecule has 1 aromatic carbocycles. The van der Waals surface area contributed by atoms with Crippen molar-refractivity contribution in [3.05, 3.63) is 29.0 Å². The molecule has 12 nitrogen and oxygen atoms in total. The minimum Gasteiger partial charge on any atom is -0.444 e. The molecule has 41 heavy (non-hydrogen) atoms. The molecule has 2 aliphatic carbocycles. The average Bonchev–Trinajstić information content (AvgIpc) is 3.54. The number of rotatable bonds is 10. The molecular formula is C26H31ClFNO11S. The fraction of sp³-hybridized carbons (Fsp3) is 0.577. The van der Waals surface area contributed by atoms with Gasteiger partial charge in [0.1, 0.15) is 11.4 Å². The molecule has 0 saturated heterocycles. The van der Waals surface area contributed by atoms with Crippen LogP contribution in [0.3, 0.4) is 0 Å². The number of aliphatic hydroxyl groups excluding tert-OH is 1. The molecule has 0 radical (unpaired) electrons. The van der Waals surface area contributed by atoms with E-state index in [1.807, 2.05) is 0 Å². The number of hydrogen-bond acceptors (Lipinski definition) is 12. The number of esters is 4. The highest BCUT2D eigenvalue weighted by atomic mass is 35.5. The van der Waals surface area contributed by atoms with Crippen LogP contribution in [0.15, 0.2) is 23.1 Å². The number of hydrogen-bond donors (Lipinski definition) is 2. The fourth-order valence-electron chi connectivity index (χ4n) is 4.96. The van der Waals surface area contributed by atoms with E-state index in [2.05, 4.69) is 10.1 Å². The Morgan fingerprint density at radius 3 is 2.22 bits per heavy atom. The van der Waals surface area contributed by atoms with E-state index in [1.54, 1.807) is 20.8 Å². The van der Waals surface area contributed by atoms with Crippen molar-refractivity contribution in [3.63, 3.8) is 0 Å². The first kappa shape index (κ1) is 32.4. The summed E-state index contributed by atoms with van der Waals surface area (Å²) in [7, 11) is 0. The topological polar surface area (TPSA) is 164 Å². The zero-order valence-electron chi connectivity index (χ0n) is 22.9. The minimum atomic E-state index is -2.05. The van der Waals surface area contributed by atoms with E-state index < -0.39 is 90.3 Å². The van der Waals surface area contributed by atoms with Crippen LogP contribution in [-0.2, 0) is 42.9 Å². The molecule has 2 aliphatic rings. The summed E-state index contributed by atoms with van der Waals surface area (Å²) >= 11 is 7.01. The smallest absolute Gasteiger partial charge is 0.408 e. The standard InChI is InChI=1S/C26H31ClFNO11S/c1-12(30)36-10-38-22(33)19-18-20(19)26(23(34)39-11-37-13(2)31,29-24(35)40-25(3,4)5)15(21(18)32)9-41-14-6-7-17(28)16(27)8-14/h6-8,15,18-21,32H,9-11H2,1-5H3,(H,29,35)/t15-,18+,19+,20+,21-,26+/m1/s1. The summed E-state index contributed by atoms with van der Waals surface area (Å²) in [5.74, 6) is -8.10. The van der Waals surface area contributed by atoms with Crippen molar-refractivity contribution in [2.75, 3.05) is 19.3 Å². The Morgan fingerprint density at radius 1 is 1.05 bits per heavy atom. The molecule has 0 aliphatic heterocycles. The number of thioether (sulfide) groups is 1. The third-order valence-electron chi connectivity index (χ3n) is 6.55. The van der Waals surface area contributed by atoms with Crippen LogP contribution in [0.2, 0.25) is 5.02 Å². The third kappa shape index (κ3) is 7.60. The molecule has 0 unspecified atom stereocenters. The average molecular weight is 620 g/mol. The van der Waals surface area contributed by atoms with E-state index in [9.17, 15) is 33.5 Å². The van der Waals surface area contributed by atoms with Crippen molar-refractivity contribution >= 4 is 53.3 Å². The lowest BCUT2D eigenvalue weighted by Crippen LogP contribution is -2.63. The van der Waals surface area contributed by atoms with Crippen LogP contribution in [0, 0.1) is 29.5 Å². The van der Waals surface area contributed by atoms with Gasteiger partial charge in [0.2, 0.25) is 13.6 Å². The molecular weight excluding hydrogens is 589 g/mol. The largest absolute Gasteiger partial charge is 0.444 e. The molecule has 0 aromatic heterocycles. The van der Waals surface area contributed by atoms with Crippen molar-refractivity contribution in [1.82, 2.24) is 5.32 Å². The van der Waals surface area contributed by atoms with Crippen molar-refractivity contribution in [1.29, 1.82) is 0 Å². The van der Waals surface area contributed by atoms with E-state index in [1.165, 1.54) is 12.1 Å². The highest BCUT2D eigenvalue weighted by Gasteiger charge is 2.80. The Hall–Kier alpha value is -3.10. The normalized spacial score (nSPS) is 26.3. The molecule has 6 atom stereocenters. The first-order valence-corrected chi connectivity index (χ1v) is 13.8. The van der Waals surface area contributed by atoms with Gasteiger partial charge in [-0.2, -0.15) is 0 Å². The van der Waals surface area contributed by atoms with Gasteiger partial charge in [-0.25, -0.2) is 14.0 Å². The molecule has 1 aromatic rings. The summed E-state index contributed by atoms with van der Waals surface area (Å²) < 4.78 is 38.7. The van der Waals surface area contributed by atoms with Gasteiger partial charge in [0, 0.05) is 42.2 Å². The number of benzene rings is 1. The number of fused-ring (bicyclic) bond motifs is 1. The van der Waals surface area contributed by atoms with Gasteiger partial charge in [0.25, 0.3) is 0 Å². The number of alkyl carbamates (subject to hydrolysis) is 1. The Morgan fingerprint density at radius 2 is 1.66 bits per heavy atom. The predicted octanol–water partition coefficient (Wildman–Crippen LogP) is 2.82. The number of halogens is 2. The Balaban J connectivity index is 1.98. The van der Waals surface area contributed by atoms with Gasteiger partial charge < -0.3 is 34.1 Å². The van der Waals surface area contributed by atoms with E-state index in [0.717, 1.165) is 31.7 Å². The van der Waals surface area contributed by atoms with Gasteiger partial charge >= 0.3 is 30.0 Å². The lowest BCUT2D eigenvalue weighted by Gasteiger charge is -2.38. The monoisotopic (exact) mass is 619 g/mol. The van der Waals surface area contributed by atoms with Crippen molar-refractivity contribution in [3.8, 4) is 0 Å². The predicted molar refractivity (Wildman–Crippen MR) is 140 cm³/mol. The Kier molecular flexibility index (Phi) is 10.1. The van der Waals surface area contributed by atoms with Crippen LogP contribution < -0.4 is 5.32 Å². The first-order valence-electron chi connectivity index (χ1n) is 12.5. The van der Waals surface area contributed by atoms with Crippen LogP contribution in [-0.4, -0.2) is 71.7 Å². The van der Waals surface area contributed by atoms with Crippen LogP contribution in [0.5, 0.6) is 0 Å². The SMILES string of the molecule is CC(=O)OCOC(=O)[C@H]1[C@@H]2[C@H](O)[C@@H](CSc3ccc(F)c(Cl)c3)[C@@](NC(=O)OC(C)(C)C)(C(=O)OCOC(C)=O)[C@H]12. The highest BCUT2D eigenvalue weighted by molar-refractivity contribution is 7.99. The highest BCUT2D eigenvalue weighted by Crippen LogP contribution is 2.65. The molecule has 226 valence electrons. The molecule has 1 amide bonds. The number of ether oxygens (including phenoxy) is 5. The molecule has 0 heterocycles. The molecule has 15 heteroatoms. The van der Waals surface area contributed by atoms with Gasteiger partial charge in [-0.1, -0.05) is 11.6 Å². The van der Waals surface area contributed by atoms with E-state index in [4.69, 9.17) is 30.5 Å². The van der Waals surface area contributed by atoms with Gasteiger partial charge in [-0.3, -0.25) is 14.4 Å². The maximum Gasteiger partial charge on any atom is 0.408 e. The van der Waals surface area contributed by atoms with Crippen molar-refractivity contribution in [2.24, 2.45) is 23.7 Å². The summed E-state index contributed by atoms with van der Waals surface area (Å²) in [6.07, 6.45) is -2.38. The van der Waals surface area contributed by atoms with E-state index in [0.29, 0.717) is 4.90 Å². The number of aliphatic hydroxyl groups is 1. The molecule has 3 rings (SSSR count). The number of nitrogens with one attached hydrogen (secondary N) is 1. The Bertz CT molecular complexity index is 1210. The van der Waals surface area contributed by atoms with Crippen molar-refractivity contribution < 1.29 is 57.2 Å². The van der Waals surface area contributed by atoms with Crippen LogP contribution in [0.1, 0.15) is 34.6 Å². The lowest BCUT2D eigenvalue weighted by atomic mass is 9.80. The zero-order valence-corrected chi connectivity index (χ0v) is 24.5. The summed E-state index contributed by atoms with van der Waals surface area (Å²) in [4.78, 5) is 62.5. The van der Waals surface area contributed by atoms with Crippen LogP contribution in [0.25, 0.3) is 0 Å². The molecule has 2 fully saturated rings. The number of amides is 1. The van der Waals surface area contributed by atoms with Gasteiger partial charge in [0.05, 0.1) is 17.0 Å². The second-order valence-electron chi connectivity index (χ2n) is 10.5. The number of carbonyl (C=O) groups excluding carboxylic acids is 5. The zero-order chi connectivity index (χ0) is 30.7. The maximum absolute atomic E-state index is 13.7. The summed E-state index contributed by atoms with van der Waals surface area (Å²) in [6, 6.07) is 3.97. The second-order valence-corrected chi connectivity index (χ2v) is 12.0. The summed E-state index contributed by atoms with van der Waals surface area (Å²) in [5.41, 5.74) is -3.03. The van der Waals surface area contributed by atoms with Crippen molar-refractivity contribution in [2.45, 2.75) is 56.8 Å². The van der Waals surface area contributed by atoms with Gasteiger partial charge in [-0.05, 0) is 39.0 Å². The summed E-state index contributed by atoms with van der Waals surface area (Å²) in [6.45, 7) is 5.53. The molecule has 2 N–H and O–H groups in total. The van der Waals surface area contributed by atoms with E-state index in [-0.39, 0.29) is 10.8 Å². The Labute approximate surface area is 244 Å². The quantitative estimate of drug-likeness (QED) is 0.171. The maximum atomic E-state index is 13.7. The minimum absolute atomic E-state index is 0.0240.